The Morgan fingerprint density at radius 1 is 1.10 bits per heavy atom. The number of nitrogens with zero attached hydrogens (tertiary/aromatic N) is 1. The van der Waals surface area contributed by atoms with Gasteiger partial charge in [0.2, 0.25) is 11.8 Å². The van der Waals surface area contributed by atoms with E-state index in [0.717, 1.165) is 27.6 Å². The lowest BCUT2D eigenvalue weighted by Crippen LogP contribution is -2.36. The fourth-order valence-electron chi connectivity index (χ4n) is 3.51. The average molecular weight is 413 g/mol. The number of carbonyl (C=O) groups excluding carboxylic acids is 2. The van der Waals surface area contributed by atoms with Crippen LogP contribution in [0.5, 0.6) is 11.5 Å². The molecule has 29 heavy (non-hydrogen) atoms. The predicted molar refractivity (Wildman–Crippen MR) is 113 cm³/mol. The Bertz CT molecular complexity index is 917. The minimum atomic E-state index is -0.180. The molecule has 0 aliphatic carbocycles. The Morgan fingerprint density at radius 2 is 1.90 bits per heavy atom. The number of hydrogen-bond donors (Lipinski definition) is 1. The van der Waals surface area contributed by atoms with Gasteiger partial charge in [-0.1, -0.05) is 18.2 Å². The van der Waals surface area contributed by atoms with Crippen LogP contribution in [-0.2, 0) is 9.59 Å². The molecule has 0 radical (unpaired) electrons. The number of fused-ring (bicyclic) bond motifs is 2. The van der Waals surface area contributed by atoms with Gasteiger partial charge in [-0.15, -0.1) is 11.8 Å². The largest absolute Gasteiger partial charge is 0.486 e. The number of ether oxygens (including phenoxy) is 2. The van der Waals surface area contributed by atoms with E-state index in [1.165, 1.54) is 0 Å². The lowest BCUT2D eigenvalue weighted by atomic mass is 10.1. The summed E-state index contributed by atoms with van der Waals surface area (Å²) in [6.07, 6.45) is 0.359. The van der Waals surface area contributed by atoms with Crippen molar-refractivity contribution in [2.24, 2.45) is 0 Å². The van der Waals surface area contributed by atoms with Gasteiger partial charge in [0.25, 0.3) is 0 Å². The number of anilines is 1. The highest BCUT2D eigenvalue weighted by atomic mass is 32.2. The first kappa shape index (κ1) is 19.6. The van der Waals surface area contributed by atoms with Gasteiger partial charge >= 0.3 is 0 Å². The van der Waals surface area contributed by atoms with E-state index in [2.05, 4.69) is 5.32 Å². The van der Waals surface area contributed by atoms with Gasteiger partial charge in [0, 0.05) is 30.0 Å². The lowest BCUT2D eigenvalue weighted by Gasteiger charge is -2.29. The van der Waals surface area contributed by atoms with Crippen LogP contribution in [0.15, 0.2) is 47.4 Å². The van der Waals surface area contributed by atoms with Crippen LogP contribution in [0.25, 0.3) is 0 Å². The number of para-hydroxylation sites is 1. The second kappa shape index (κ2) is 8.78. The van der Waals surface area contributed by atoms with Crippen LogP contribution in [-0.4, -0.2) is 37.3 Å². The summed E-state index contributed by atoms with van der Waals surface area (Å²) in [5.74, 6) is 2.15. The number of nitrogens with one attached hydrogen (secondary N) is 1. The van der Waals surface area contributed by atoms with Gasteiger partial charge < -0.3 is 19.7 Å². The maximum Gasteiger partial charge on any atom is 0.227 e. The smallest absolute Gasteiger partial charge is 0.227 e. The van der Waals surface area contributed by atoms with Crippen molar-refractivity contribution in [2.45, 2.75) is 30.7 Å². The summed E-state index contributed by atoms with van der Waals surface area (Å²) in [7, 11) is 0. The van der Waals surface area contributed by atoms with Crippen molar-refractivity contribution in [1.82, 2.24) is 5.32 Å². The molecule has 2 aliphatic rings. The highest BCUT2D eigenvalue weighted by molar-refractivity contribution is 7.99. The van der Waals surface area contributed by atoms with Crippen molar-refractivity contribution < 1.29 is 19.1 Å². The Hall–Kier alpha value is -2.67. The molecule has 1 unspecified atom stereocenters. The number of benzene rings is 2. The zero-order valence-corrected chi connectivity index (χ0v) is 17.2. The molecule has 1 atom stereocenters. The molecule has 6 nitrogen and oxygen atoms in total. The van der Waals surface area contributed by atoms with E-state index in [9.17, 15) is 9.59 Å². The summed E-state index contributed by atoms with van der Waals surface area (Å²) in [5.41, 5.74) is 1.88. The fourth-order valence-corrected chi connectivity index (χ4v) is 4.50. The molecule has 2 amide bonds. The molecule has 0 aromatic heterocycles. The second-order valence-electron chi connectivity index (χ2n) is 7.05. The van der Waals surface area contributed by atoms with Gasteiger partial charge in [-0.25, -0.2) is 0 Å². The summed E-state index contributed by atoms with van der Waals surface area (Å²) >= 11 is 1.76. The normalized spacial score (nSPS) is 16.0. The maximum atomic E-state index is 12.7. The topological polar surface area (TPSA) is 67.9 Å². The Labute approximate surface area is 174 Å². The molecule has 2 heterocycles. The van der Waals surface area contributed by atoms with Crippen LogP contribution in [0.2, 0.25) is 0 Å². The second-order valence-corrected chi connectivity index (χ2v) is 8.19. The Kier molecular flexibility index (Phi) is 5.94. The van der Waals surface area contributed by atoms with E-state index < -0.39 is 0 Å². The van der Waals surface area contributed by atoms with E-state index in [4.69, 9.17) is 9.47 Å². The molecule has 0 fully saturated rings. The summed E-state index contributed by atoms with van der Waals surface area (Å²) < 4.78 is 11.1. The molecule has 0 saturated heterocycles. The number of thioether (sulfide) groups is 1. The van der Waals surface area contributed by atoms with Gasteiger partial charge in [-0.2, -0.15) is 0 Å². The molecule has 2 aromatic carbocycles. The summed E-state index contributed by atoms with van der Waals surface area (Å²) in [5, 5.41) is 2.97. The third-order valence-corrected chi connectivity index (χ3v) is 6.08. The van der Waals surface area contributed by atoms with Crippen LogP contribution < -0.4 is 19.7 Å². The number of carbonyl (C=O) groups is 2. The third-order valence-electron chi connectivity index (χ3n) is 5.04. The lowest BCUT2D eigenvalue weighted by molar-refractivity contribution is -0.125. The standard InChI is InChI=1S/C22H24N2O4S/c1-15(16-6-7-18-19(14-16)28-12-11-27-18)23-21(25)8-9-22(26)24-10-13-29-20-5-3-2-4-17(20)24/h2-7,14-15H,8-13H2,1H3,(H,23,25). The molecule has 4 rings (SSSR count). The van der Waals surface area contributed by atoms with Crippen molar-refractivity contribution in [3.8, 4) is 11.5 Å². The van der Waals surface area contributed by atoms with E-state index in [1.54, 1.807) is 16.7 Å². The molecule has 0 bridgehead atoms. The monoisotopic (exact) mass is 412 g/mol. The van der Waals surface area contributed by atoms with E-state index in [1.807, 2.05) is 49.4 Å². The molecular weight excluding hydrogens is 388 g/mol. The van der Waals surface area contributed by atoms with Crippen molar-refractivity contribution in [1.29, 1.82) is 0 Å². The van der Waals surface area contributed by atoms with Gasteiger partial charge in [0.05, 0.1) is 11.7 Å². The minimum absolute atomic E-state index is 0.0140. The van der Waals surface area contributed by atoms with Crippen molar-refractivity contribution in [3.63, 3.8) is 0 Å². The molecule has 2 aliphatic heterocycles. The number of rotatable bonds is 5. The van der Waals surface area contributed by atoms with Crippen LogP contribution >= 0.6 is 11.8 Å². The summed E-state index contributed by atoms with van der Waals surface area (Å²) in [4.78, 5) is 28.0. The van der Waals surface area contributed by atoms with Gasteiger partial charge in [0.15, 0.2) is 11.5 Å². The van der Waals surface area contributed by atoms with Crippen molar-refractivity contribution >= 4 is 29.3 Å². The van der Waals surface area contributed by atoms with Gasteiger partial charge in [0.1, 0.15) is 13.2 Å². The third kappa shape index (κ3) is 4.50. The maximum absolute atomic E-state index is 12.7. The van der Waals surface area contributed by atoms with Crippen LogP contribution in [0, 0.1) is 0 Å². The quantitative estimate of drug-likeness (QED) is 0.813. The van der Waals surface area contributed by atoms with Gasteiger partial charge in [-0.3, -0.25) is 9.59 Å². The Balaban J connectivity index is 1.32. The van der Waals surface area contributed by atoms with Gasteiger partial charge in [-0.05, 0) is 36.8 Å². The highest BCUT2D eigenvalue weighted by Crippen LogP contribution is 2.35. The summed E-state index contributed by atoms with van der Waals surface area (Å²) in [6, 6.07) is 13.4. The first-order valence-corrected chi connectivity index (χ1v) is 10.8. The number of amides is 2. The summed E-state index contributed by atoms with van der Waals surface area (Å²) in [6.45, 7) is 3.67. The molecule has 2 aromatic rings. The zero-order valence-electron chi connectivity index (χ0n) is 16.3. The zero-order chi connectivity index (χ0) is 20.2. The van der Waals surface area contributed by atoms with E-state index in [-0.39, 0.29) is 30.7 Å². The molecule has 7 heteroatoms. The average Bonchev–Trinajstić information content (AvgIpc) is 2.76. The number of hydrogen-bond acceptors (Lipinski definition) is 5. The van der Waals surface area contributed by atoms with Crippen molar-refractivity contribution in [2.75, 3.05) is 30.4 Å². The van der Waals surface area contributed by atoms with E-state index >= 15 is 0 Å². The van der Waals surface area contributed by atoms with Crippen LogP contribution in [0.3, 0.4) is 0 Å². The SMILES string of the molecule is CC(NC(=O)CCC(=O)N1CCSc2ccccc21)c1ccc2c(c1)OCCO2. The molecule has 1 N–H and O–H groups in total. The van der Waals surface area contributed by atoms with Crippen LogP contribution in [0.1, 0.15) is 31.4 Å². The first-order valence-electron chi connectivity index (χ1n) is 9.83. The van der Waals surface area contributed by atoms with Crippen LogP contribution in [0.4, 0.5) is 5.69 Å². The molecule has 152 valence electrons. The first-order chi connectivity index (χ1) is 14.1. The molecule has 0 spiro atoms. The Morgan fingerprint density at radius 3 is 2.76 bits per heavy atom. The van der Waals surface area contributed by atoms with Crippen molar-refractivity contribution in [3.05, 3.63) is 48.0 Å². The van der Waals surface area contributed by atoms with E-state index in [0.29, 0.717) is 25.5 Å². The predicted octanol–water partition coefficient (Wildman–Crippen LogP) is 3.55. The fraction of sp³-hybridized carbons (Fsp3) is 0.364. The molecular formula is C22H24N2O4S. The molecule has 0 saturated carbocycles. The minimum Gasteiger partial charge on any atom is -0.486 e. The highest BCUT2D eigenvalue weighted by Gasteiger charge is 2.23.